The molecule has 1 fully saturated rings. The molecule has 0 unspecified atom stereocenters. The number of hydrogen-bond acceptors (Lipinski definition) is 2. The van der Waals surface area contributed by atoms with E-state index in [1.54, 1.807) is 19.1 Å². The van der Waals surface area contributed by atoms with Crippen LogP contribution < -0.4 is 5.32 Å². The van der Waals surface area contributed by atoms with Crippen molar-refractivity contribution in [3.8, 4) is 0 Å². The number of nitrogens with one attached hydrogen (secondary N) is 1. The van der Waals surface area contributed by atoms with Gasteiger partial charge in [-0.25, -0.2) is 4.39 Å². The number of rotatable bonds is 4. The molecule has 2 rings (SSSR count). The van der Waals surface area contributed by atoms with Gasteiger partial charge in [0.2, 0.25) is 0 Å². The number of ketones is 1. The summed E-state index contributed by atoms with van der Waals surface area (Å²) in [6.45, 7) is 3.81. The van der Waals surface area contributed by atoms with Crippen molar-refractivity contribution >= 4 is 5.78 Å². The van der Waals surface area contributed by atoms with Gasteiger partial charge in [-0.05, 0) is 56.8 Å². The molecule has 0 amide bonds. The van der Waals surface area contributed by atoms with Crippen LogP contribution in [0.4, 0.5) is 4.39 Å². The van der Waals surface area contributed by atoms with Crippen LogP contribution in [0.1, 0.15) is 41.6 Å². The van der Waals surface area contributed by atoms with Crippen LogP contribution in [-0.4, -0.2) is 18.9 Å². The molecule has 1 aromatic rings. The molecule has 1 heterocycles. The Morgan fingerprint density at radius 1 is 1.39 bits per heavy atom. The van der Waals surface area contributed by atoms with Gasteiger partial charge < -0.3 is 5.32 Å². The molecule has 0 aromatic heterocycles. The fraction of sp³-hybridized carbons (Fsp3) is 0.533. The third kappa shape index (κ3) is 3.39. The van der Waals surface area contributed by atoms with Gasteiger partial charge in [0.05, 0.1) is 0 Å². The van der Waals surface area contributed by atoms with Crippen LogP contribution in [0.2, 0.25) is 0 Å². The van der Waals surface area contributed by atoms with Crippen LogP contribution in [0, 0.1) is 18.7 Å². The zero-order valence-electron chi connectivity index (χ0n) is 10.8. The number of Topliss-reactive ketones (excluding diaryl/α,β-unsaturated/α-hetero) is 1. The summed E-state index contributed by atoms with van der Waals surface area (Å²) >= 11 is 0. The summed E-state index contributed by atoms with van der Waals surface area (Å²) in [6, 6.07) is 4.76. The molecule has 0 saturated carbocycles. The van der Waals surface area contributed by atoms with E-state index in [0.29, 0.717) is 23.5 Å². The second-order valence-electron chi connectivity index (χ2n) is 5.12. The first-order valence-electron chi connectivity index (χ1n) is 6.67. The molecule has 1 N–H and O–H groups in total. The molecule has 3 heteroatoms. The molecule has 18 heavy (non-hydrogen) atoms. The van der Waals surface area contributed by atoms with E-state index < -0.39 is 0 Å². The molecule has 0 radical (unpaired) electrons. The van der Waals surface area contributed by atoms with Gasteiger partial charge in [-0.2, -0.15) is 0 Å². The van der Waals surface area contributed by atoms with Crippen molar-refractivity contribution in [2.24, 2.45) is 5.92 Å². The lowest BCUT2D eigenvalue weighted by molar-refractivity contribution is 0.0970. The van der Waals surface area contributed by atoms with Gasteiger partial charge in [0, 0.05) is 12.0 Å². The maximum absolute atomic E-state index is 13.4. The highest BCUT2D eigenvalue weighted by Crippen LogP contribution is 2.20. The Morgan fingerprint density at radius 2 is 2.11 bits per heavy atom. The molecule has 0 bridgehead atoms. The number of benzene rings is 1. The minimum absolute atomic E-state index is 0.0624. The third-order valence-corrected chi connectivity index (χ3v) is 3.73. The fourth-order valence-electron chi connectivity index (χ4n) is 2.42. The number of aryl methyl sites for hydroxylation is 1. The Balaban J connectivity index is 1.88. The van der Waals surface area contributed by atoms with E-state index in [1.165, 1.54) is 6.07 Å². The first-order chi connectivity index (χ1) is 8.66. The molecular weight excluding hydrogens is 229 g/mol. The topological polar surface area (TPSA) is 29.1 Å². The Bertz CT molecular complexity index is 425. The van der Waals surface area contributed by atoms with Crippen LogP contribution in [0.5, 0.6) is 0 Å². The van der Waals surface area contributed by atoms with Crippen LogP contribution >= 0.6 is 0 Å². The Morgan fingerprint density at radius 3 is 2.78 bits per heavy atom. The minimum atomic E-state index is -0.289. The molecule has 0 atom stereocenters. The smallest absolute Gasteiger partial charge is 0.162 e. The summed E-state index contributed by atoms with van der Waals surface area (Å²) in [6.07, 6.45) is 3.76. The highest BCUT2D eigenvalue weighted by molar-refractivity contribution is 5.96. The molecule has 98 valence electrons. The lowest BCUT2D eigenvalue weighted by Crippen LogP contribution is -2.28. The van der Waals surface area contributed by atoms with Crippen LogP contribution in [0.25, 0.3) is 0 Å². The predicted molar refractivity (Wildman–Crippen MR) is 70.3 cm³/mol. The number of carbonyl (C=O) groups is 1. The monoisotopic (exact) mass is 249 g/mol. The predicted octanol–water partition coefficient (Wildman–Crippen LogP) is 3.10. The Hall–Kier alpha value is -1.22. The van der Waals surface area contributed by atoms with Gasteiger partial charge >= 0.3 is 0 Å². The van der Waals surface area contributed by atoms with Crippen molar-refractivity contribution < 1.29 is 9.18 Å². The zero-order chi connectivity index (χ0) is 13.0. The summed E-state index contributed by atoms with van der Waals surface area (Å²) in [5.74, 6) is 0.417. The van der Waals surface area contributed by atoms with Gasteiger partial charge in [-0.1, -0.05) is 12.1 Å². The average Bonchev–Trinajstić information content (AvgIpc) is 2.40. The van der Waals surface area contributed by atoms with Crippen molar-refractivity contribution in [1.82, 2.24) is 5.32 Å². The summed E-state index contributed by atoms with van der Waals surface area (Å²) in [4.78, 5) is 12.0. The van der Waals surface area contributed by atoms with Crippen molar-refractivity contribution in [3.05, 3.63) is 35.1 Å². The Kier molecular flexibility index (Phi) is 4.48. The SMILES string of the molecule is Cc1ccc(C(=O)CCC2CCNCC2)cc1F. The van der Waals surface area contributed by atoms with Crippen LogP contribution in [0.3, 0.4) is 0 Å². The van der Waals surface area contributed by atoms with Crippen LogP contribution in [-0.2, 0) is 0 Å². The molecule has 2 nitrogen and oxygen atoms in total. The third-order valence-electron chi connectivity index (χ3n) is 3.73. The highest BCUT2D eigenvalue weighted by atomic mass is 19.1. The fourth-order valence-corrected chi connectivity index (χ4v) is 2.42. The maximum atomic E-state index is 13.4. The van der Waals surface area contributed by atoms with Crippen molar-refractivity contribution in [3.63, 3.8) is 0 Å². The van der Waals surface area contributed by atoms with E-state index in [4.69, 9.17) is 0 Å². The van der Waals surface area contributed by atoms with Gasteiger partial charge in [-0.3, -0.25) is 4.79 Å². The summed E-state index contributed by atoms with van der Waals surface area (Å²) < 4.78 is 13.4. The van der Waals surface area contributed by atoms with E-state index in [0.717, 1.165) is 32.4 Å². The molecule has 0 aliphatic carbocycles. The standard InChI is InChI=1S/C15H20FNO/c1-11-2-4-13(10-14(11)16)15(18)5-3-12-6-8-17-9-7-12/h2,4,10,12,17H,3,5-9H2,1H3. The van der Waals surface area contributed by atoms with Crippen molar-refractivity contribution in [2.75, 3.05) is 13.1 Å². The largest absolute Gasteiger partial charge is 0.317 e. The first kappa shape index (κ1) is 13.2. The summed E-state index contributed by atoms with van der Waals surface area (Å²) in [5, 5.41) is 3.31. The summed E-state index contributed by atoms with van der Waals surface area (Å²) in [7, 11) is 0. The molecule has 0 spiro atoms. The number of hydrogen-bond donors (Lipinski definition) is 1. The van der Waals surface area contributed by atoms with Gasteiger partial charge in [-0.15, -0.1) is 0 Å². The number of piperidine rings is 1. The molecule has 1 saturated heterocycles. The summed E-state index contributed by atoms with van der Waals surface area (Å²) in [5.41, 5.74) is 1.09. The van der Waals surface area contributed by atoms with Gasteiger partial charge in [0.1, 0.15) is 5.82 Å². The van der Waals surface area contributed by atoms with E-state index in [9.17, 15) is 9.18 Å². The zero-order valence-corrected chi connectivity index (χ0v) is 10.8. The van der Waals surface area contributed by atoms with Crippen LogP contribution in [0.15, 0.2) is 18.2 Å². The van der Waals surface area contributed by atoms with Crippen molar-refractivity contribution in [2.45, 2.75) is 32.6 Å². The molecular formula is C15H20FNO. The molecule has 1 aliphatic rings. The average molecular weight is 249 g/mol. The van der Waals surface area contributed by atoms with Gasteiger partial charge in [0.15, 0.2) is 5.78 Å². The normalized spacial score (nSPS) is 16.8. The lowest BCUT2D eigenvalue weighted by atomic mass is 9.91. The number of carbonyl (C=O) groups excluding carboxylic acids is 1. The maximum Gasteiger partial charge on any atom is 0.162 e. The molecule has 1 aromatic carbocycles. The Labute approximate surface area is 108 Å². The second kappa shape index (κ2) is 6.10. The van der Waals surface area contributed by atoms with Gasteiger partial charge in [0.25, 0.3) is 0 Å². The van der Waals surface area contributed by atoms with E-state index in [-0.39, 0.29) is 11.6 Å². The van der Waals surface area contributed by atoms with E-state index in [1.807, 2.05) is 0 Å². The van der Waals surface area contributed by atoms with E-state index >= 15 is 0 Å². The second-order valence-corrected chi connectivity index (χ2v) is 5.12. The quantitative estimate of drug-likeness (QED) is 0.831. The lowest BCUT2D eigenvalue weighted by Gasteiger charge is -2.22. The molecule has 1 aliphatic heterocycles. The minimum Gasteiger partial charge on any atom is -0.317 e. The van der Waals surface area contributed by atoms with E-state index in [2.05, 4.69) is 5.32 Å². The highest BCUT2D eigenvalue weighted by Gasteiger charge is 2.15. The number of halogens is 1. The first-order valence-corrected chi connectivity index (χ1v) is 6.67. The van der Waals surface area contributed by atoms with Crippen molar-refractivity contribution in [1.29, 1.82) is 0 Å².